The molecule has 2 saturated carbocycles. The van der Waals surface area contributed by atoms with Crippen LogP contribution in [0.3, 0.4) is 0 Å². The summed E-state index contributed by atoms with van der Waals surface area (Å²) in [6.07, 6.45) is 4.25. The summed E-state index contributed by atoms with van der Waals surface area (Å²) < 4.78 is 16.0. The van der Waals surface area contributed by atoms with E-state index in [-0.39, 0.29) is 24.7 Å². The highest BCUT2D eigenvalue weighted by Gasteiger charge is 2.52. The van der Waals surface area contributed by atoms with Crippen molar-refractivity contribution in [2.45, 2.75) is 69.7 Å². The van der Waals surface area contributed by atoms with Gasteiger partial charge >= 0.3 is 0 Å². The minimum atomic E-state index is -0.954. The largest absolute Gasteiger partial charge is 0.497 e. The average molecular weight is 585 g/mol. The zero-order valence-corrected chi connectivity index (χ0v) is 24.9. The van der Waals surface area contributed by atoms with E-state index in [1.807, 2.05) is 17.0 Å². The molecule has 0 radical (unpaired) electrons. The maximum absolute atomic E-state index is 13.8. The lowest BCUT2D eigenvalue weighted by Gasteiger charge is -2.28. The number of amides is 3. The molecular formula is C31H44N4O7. The predicted octanol–water partition coefficient (Wildman–Crippen LogP) is 0.838. The normalized spacial score (nSPS) is 28.5. The van der Waals surface area contributed by atoms with E-state index in [0.717, 1.165) is 30.2 Å². The van der Waals surface area contributed by atoms with Crippen LogP contribution < -0.4 is 20.7 Å². The van der Waals surface area contributed by atoms with Crippen molar-refractivity contribution in [1.29, 1.82) is 0 Å². The lowest BCUT2D eigenvalue weighted by atomic mass is 9.89. The first-order chi connectivity index (χ1) is 20.1. The SMILES string of the molecule is COc1ccc(C[C@H](NC(=O)[C@H](C)NC(=O)CN2CCOCC2)C(=O)N[C@@H](CC2C[C@@H]3C[C@@H]3C2)C(=O)[C@@]2(C)CO2)cc1. The third kappa shape index (κ3) is 7.87. The number of ether oxygens (including phenoxy) is 3. The molecule has 0 bridgehead atoms. The second-order valence-electron chi connectivity index (χ2n) is 12.6. The number of hydrogen-bond donors (Lipinski definition) is 3. The molecule has 1 unspecified atom stereocenters. The van der Waals surface area contributed by atoms with Crippen LogP contribution in [-0.4, -0.2) is 98.7 Å². The molecule has 11 heteroatoms. The molecule has 1 aromatic rings. The number of epoxide rings is 1. The van der Waals surface area contributed by atoms with Crippen LogP contribution in [0.5, 0.6) is 5.75 Å². The summed E-state index contributed by atoms with van der Waals surface area (Å²) in [4.78, 5) is 55.0. The van der Waals surface area contributed by atoms with Crippen LogP contribution in [0.1, 0.15) is 45.1 Å². The second kappa shape index (κ2) is 13.1. The Morgan fingerprint density at radius 2 is 1.62 bits per heavy atom. The Kier molecular flexibility index (Phi) is 9.49. The fourth-order valence-electron chi connectivity index (χ4n) is 6.31. The third-order valence-corrected chi connectivity index (χ3v) is 9.12. The molecule has 1 aromatic carbocycles. The van der Waals surface area contributed by atoms with Crippen molar-refractivity contribution < 1.29 is 33.4 Å². The zero-order valence-electron chi connectivity index (χ0n) is 24.9. The molecule has 3 amide bonds. The minimum absolute atomic E-state index is 0.116. The molecule has 230 valence electrons. The van der Waals surface area contributed by atoms with Gasteiger partial charge in [0.1, 0.15) is 23.4 Å². The molecule has 7 atom stereocenters. The second-order valence-corrected chi connectivity index (χ2v) is 12.6. The van der Waals surface area contributed by atoms with E-state index in [0.29, 0.717) is 51.0 Å². The standard InChI is InChI=1S/C31H44N4O7/c1-19(32-27(36)17-35-8-10-41-11-9-35)29(38)34-26(14-20-4-6-24(40-3)7-5-20)30(39)33-25(28(37)31(2)18-42-31)15-21-12-22-16-23(22)13-21/h4-7,19,21-23,25-26H,8-18H2,1-3H3,(H,32,36)(H,33,39)(H,34,38)/t19-,21?,22-,23+,25-,26-,31+/m0/s1. The average Bonchev–Trinajstić information content (AvgIpc) is 3.88. The molecule has 2 saturated heterocycles. The predicted molar refractivity (Wildman–Crippen MR) is 154 cm³/mol. The summed E-state index contributed by atoms with van der Waals surface area (Å²) in [5, 5.41) is 8.57. The highest BCUT2D eigenvalue weighted by molar-refractivity contribution is 5.98. The quantitative estimate of drug-likeness (QED) is 0.274. The number of rotatable bonds is 14. The van der Waals surface area contributed by atoms with Gasteiger partial charge in [-0.3, -0.25) is 24.1 Å². The molecule has 42 heavy (non-hydrogen) atoms. The number of Topliss-reactive ketones (excluding diaryl/α,β-unsaturated/α-hetero) is 1. The summed E-state index contributed by atoms with van der Waals surface area (Å²) in [5.41, 5.74) is -0.0514. The van der Waals surface area contributed by atoms with Crippen LogP contribution in [0, 0.1) is 17.8 Å². The van der Waals surface area contributed by atoms with Crippen molar-refractivity contribution in [3.8, 4) is 5.75 Å². The van der Waals surface area contributed by atoms with E-state index in [4.69, 9.17) is 14.2 Å². The summed E-state index contributed by atoms with van der Waals surface area (Å²) in [6.45, 7) is 6.33. The minimum Gasteiger partial charge on any atom is -0.497 e. The van der Waals surface area contributed by atoms with E-state index in [1.54, 1.807) is 33.1 Å². The van der Waals surface area contributed by atoms with Crippen LogP contribution in [0.15, 0.2) is 24.3 Å². The van der Waals surface area contributed by atoms with E-state index in [1.165, 1.54) is 6.42 Å². The molecule has 3 N–H and O–H groups in total. The monoisotopic (exact) mass is 584 g/mol. The van der Waals surface area contributed by atoms with Crippen LogP contribution in [0.25, 0.3) is 0 Å². The summed E-state index contributed by atoms with van der Waals surface area (Å²) in [5.74, 6) is 1.29. The van der Waals surface area contributed by atoms with Crippen molar-refractivity contribution in [2.24, 2.45) is 17.8 Å². The van der Waals surface area contributed by atoms with E-state index in [2.05, 4.69) is 16.0 Å². The van der Waals surface area contributed by atoms with Crippen molar-refractivity contribution in [3.63, 3.8) is 0 Å². The first kappa shape index (κ1) is 30.4. The number of benzene rings is 1. The van der Waals surface area contributed by atoms with Gasteiger partial charge in [-0.2, -0.15) is 0 Å². The first-order valence-electron chi connectivity index (χ1n) is 15.1. The third-order valence-electron chi connectivity index (χ3n) is 9.12. The number of methoxy groups -OCH3 is 1. The van der Waals surface area contributed by atoms with Crippen LogP contribution in [-0.2, 0) is 35.1 Å². The molecule has 0 spiro atoms. The summed E-state index contributed by atoms with van der Waals surface area (Å²) in [7, 11) is 1.58. The number of nitrogens with one attached hydrogen (secondary N) is 3. The Morgan fingerprint density at radius 1 is 0.976 bits per heavy atom. The van der Waals surface area contributed by atoms with Crippen molar-refractivity contribution in [1.82, 2.24) is 20.9 Å². The van der Waals surface area contributed by atoms with Gasteiger partial charge in [0.2, 0.25) is 17.7 Å². The fourth-order valence-corrected chi connectivity index (χ4v) is 6.31. The van der Waals surface area contributed by atoms with Crippen LogP contribution >= 0.6 is 0 Å². The molecule has 2 heterocycles. The number of carbonyl (C=O) groups is 4. The van der Waals surface area contributed by atoms with E-state index in [9.17, 15) is 19.2 Å². The highest BCUT2D eigenvalue weighted by Crippen LogP contribution is 2.55. The van der Waals surface area contributed by atoms with Gasteiger partial charge in [0.05, 0.1) is 39.5 Å². The Balaban J connectivity index is 1.25. The van der Waals surface area contributed by atoms with Crippen LogP contribution in [0.2, 0.25) is 0 Å². The van der Waals surface area contributed by atoms with Gasteiger partial charge in [-0.15, -0.1) is 0 Å². The molecule has 5 rings (SSSR count). The Hall–Kier alpha value is -3.02. The molecule has 4 fully saturated rings. The number of morpholine rings is 1. The van der Waals surface area contributed by atoms with Crippen molar-refractivity contribution in [2.75, 3.05) is 46.6 Å². The maximum Gasteiger partial charge on any atom is 0.243 e. The van der Waals surface area contributed by atoms with Gasteiger partial charge in [-0.25, -0.2) is 0 Å². The first-order valence-corrected chi connectivity index (χ1v) is 15.1. The van der Waals surface area contributed by atoms with Gasteiger partial charge in [0.15, 0.2) is 5.78 Å². The van der Waals surface area contributed by atoms with Crippen molar-refractivity contribution >= 4 is 23.5 Å². The Morgan fingerprint density at radius 3 is 2.24 bits per heavy atom. The fraction of sp³-hybridized carbons (Fsp3) is 0.677. The highest BCUT2D eigenvalue weighted by atomic mass is 16.6. The lowest BCUT2D eigenvalue weighted by Crippen LogP contribution is -2.57. The summed E-state index contributed by atoms with van der Waals surface area (Å²) in [6, 6.07) is 4.77. The lowest BCUT2D eigenvalue weighted by molar-refractivity contribution is -0.134. The number of hydrogen-bond acceptors (Lipinski definition) is 8. The summed E-state index contributed by atoms with van der Waals surface area (Å²) >= 11 is 0. The number of nitrogens with zero attached hydrogens (tertiary/aromatic N) is 1. The number of fused-ring (bicyclic) bond motifs is 1. The van der Waals surface area contributed by atoms with Crippen LogP contribution in [0.4, 0.5) is 0 Å². The van der Waals surface area contributed by atoms with Gasteiger partial charge in [-0.05, 0) is 75.0 Å². The molecule has 2 aliphatic heterocycles. The maximum atomic E-state index is 13.8. The zero-order chi connectivity index (χ0) is 29.9. The van der Waals surface area contributed by atoms with Gasteiger partial charge < -0.3 is 30.2 Å². The van der Waals surface area contributed by atoms with E-state index < -0.39 is 35.5 Å². The number of carbonyl (C=O) groups excluding carboxylic acids is 4. The van der Waals surface area contributed by atoms with E-state index >= 15 is 0 Å². The van der Waals surface area contributed by atoms with Gasteiger partial charge in [-0.1, -0.05) is 12.1 Å². The molecule has 11 nitrogen and oxygen atoms in total. The van der Waals surface area contributed by atoms with Crippen molar-refractivity contribution in [3.05, 3.63) is 29.8 Å². The molecule has 2 aliphatic carbocycles. The molecule has 4 aliphatic rings. The van der Waals surface area contributed by atoms with Gasteiger partial charge in [0.25, 0.3) is 0 Å². The number of ketones is 1. The molecule has 0 aromatic heterocycles. The Labute approximate surface area is 247 Å². The smallest absolute Gasteiger partial charge is 0.243 e. The molecular weight excluding hydrogens is 540 g/mol. The Bertz CT molecular complexity index is 1140. The topological polar surface area (TPSA) is 139 Å². The van der Waals surface area contributed by atoms with Gasteiger partial charge in [0, 0.05) is 19.5 Å².